The highest BCUT2D eigenvalue weighted by Gasteiger charge is 2.43. The van der Waals surface area contributed by atoms with Gasteiger partial charge in [-0.25, -0.2) is 28.6 Å². The van der Waals surface area contributed by atoms with Gasteiger partial charge in [-0.1, -0.05) is 30.3 Å². The first-order chi connectivity index (χ1) is 19.7. The molecular weight excluding hydrogens is 643 g/mol. The Hall–Kier alpha value is -2.34. The first kappa shape index (κ1) is 31.1. The van der Waals surface area contributed by atoms with Crippen LogP contribution in [0.15, 0.2) is 54.2 Å². The number of ether oxygens (including phenoxy) is 1. The average Bonchev–Trinajstić information content (AvgIpc) is 3.59. The Kier molecular flexibility index (Phi) is 8.87. The van der Waals surface area contributed by atoms with Crippen molar-refractivity contribution < 1.29 is 61.1 Å². The molecule has 4 aromatic rings. The lowest BCUT2D eigenvalue weighted by molar-refractivity contribution is -0.110. The Labute approximate surface area is 239 Å². The standard InChI is InChI=1S/C20H22N5O13P3S/c26-13-9-15(36-14(13)10-35-40(31,32)38-41(33,34)37-39(28,29)30)25-11-22-17-18-21-6-7-24(18)20(23-19(17)25)42-16(27)8-12-4-2-1-3-5-12/h1-7,11,13-15,26H,8-10H2,(H,31,32)(H,33,34)(H2,28,29,30)/t13-,14+,15+/m0/s1. The van der Waals surface area contributed by atoms with E-state index in [1.54, 1.807) is 10.6 Å². The van der Waals surface area contributed by atoms with Gasteiger partial charge in [0.25, 0.3) is 0 Å². The third kappa shape index (κ3) is 7.41. The van der Waals surface area contributed by atoms with E-state index in [-0.39, 0.29) is 23.6 Å². The molecule has 0 radical (unpaired) electrons. The van der Waals surface area contributed by atoms with Gasteiger partial charge in [-0.05, 0) is 17.3 Å². The molecule has 5 rings (SSSR count). The molecule has 2 unspecified atom stereocenters. The number of rotatable bonds is 11. The van der Waals surface area contributed by atoms with E-state index in [0.717, 1.165) is 17.3 Å². The molecule has 0 saturated carbocycles. The lowest BCUT2D eigenvalue weighted by Gasteiger charge is -2.19. The Balaban J connectivity index is 1.31. The van der Waals surface area contributed by atoms with Crippen LogP contribution in [0.25, 0.3) is 16.8 Å². The van der Waals surface area contributed by atoms with Crippen LogP contribution in [0.1, 0.15) is 18.2 Å². The molecule has 0 aliphatic carbocycles. The zero-order chi connectivity index (χ0) is 30.3. The Morgan fingerprint density at radius 3 is 2.50 bits per heavy atom. The van der Waals surface area contributed by atoms with Crippen molar-refractivity contribution in [1.82, 2.24) is 23.9 Å². The van der Waals surface area contributed by atoms with E-state index in [4.69, 9.17) is 14.5 Å². The average molecular weight is 665 g/mol. The van der Waals surface area contributed by atoms with Gasteiger partial charge >= 0.3 is 23.5 Å². The Morgan fingerprint density at radius 1 is 1.05 bits per heavy atom. The van der Waals surface area contributed by atoms with Gasteiger partial charge in [-0.3, -0.25) is 18.3 Å². The van der Waals surface area contributed by atoms with Crippen LogP contribution < -0.4 is 0 Å². The van der Waals surface area contributed by atoms with E-state index in [9.17, 15) is 33.4 Å². The maximum Gasteiger partial charge on any atom is 0.490 e. The molecule has 1 aliphatic rings. The molecule has 0 spiro atoms. The summed E-state index contributed by atoms with van der Waals surface area (Å²) in [5, 5.41) is 10.6. The van der Waals surface area contributed by atoms with Gasteiger partial charge < -0.3 is 29.4 Å². The topological polar surface area (TPSA) is 254 Å². The highest BCUT2D eigenvalue weighted by Crippen LogP contribution is 2.66. The molecule has 18 nitrogen and oxygen atoms in total. The van der Waals surface area contributed by atoms with Crippen LogP contribution >= 0.6 is 35.2 Å². The number of phosphoric ester groups is 1. The zero-order valence-corrected chi connectivity index (χ0v) is 24.5. The van der Waals surface area contributed by atoms with Gasteiger partial charge in [0, 0.05) is 25.2 Å². The predicted molar refractivity (Wildman–Crippen MR) is 142 cm³/mol. The largest absolute Gasteiger partial charge is 0.490 e. The number of hydrogen-bond donors (Lipinski definition) is 5. The molecule has 0 amide bonds. The van der Waals surface area contributed by atoms with E-state index in [2.05, 4.69) is 28.1 Å². The Morgan fingerprint density at radius 2 is 1.79 bits per heavy atom. The maximum atomic E-state index is 12.8. The number of benzene rings is 1. The van der Waals surface area contributed by atoms with E-state index >= 15 is 0 Å². The zero-order valence-electron chi connectivity index (χ0n) is 21.0. The number of hydrogen-bond acceptors (Lipinski definition) is 13. The second-order valence-electron chi connectivity index (χ2n) is 8.79. The summed E-state index contributed by atoms with van der Waals surface area (Å²) in [6, 6.07) is 9.17. The molecule has 4 heterocycles. The van der Waals surface area contributed by atoms with Crippen molar-refractivity contribution >= 4 is 57.2 Å². The summed E-state index contributed by atoms with van der Waals surface area (Å²) in [6.45, 7) is -0.832. The van der Waals surface area contributed by atoms with Crippen molar-refractivity contribution in [2.75, 3.05) is 6.61 Å². The predicted octanol–water partition coefficient (Wildman–Crippen LogP) is 1.93. The first-order valence-electron chi connectivity index (χ1n) is 11.8. The van der Waals surface area contributed by atoms with Crippen LogP contribution in [0.3, 0.4) is 0 Å². The van der Waals surface area contributed by atoms with Gasteiger partial charge in [-0.15, -0.1) is 0 Å². The third-order valence-corrected chi connectivity index (χ3v) is 10.4. The molecule has 1 aromatic carbocycles. The van der Waals surface area contributed by atoms with Crippen LogP contribution in [-0.4, -0.2) is 72.5 Å². The van der Waals surface area contributed by atoms with Gasteiger partial charge in [-0.2, -0.15) is 8.62 Å². The molecule has 5 atom stereocenters. The lowest BCUT2D eigenvalue weighted by Crippen LogP contribution is -2.26. The number of aromatic nitrogens is 5. The number of phosphoric acid groups is 3. The van der Waals surface area contributed by atoms with Crippen LogP contribution in [-0.2, 0) is 42.8 Å². The third-order valence-electron chi connectivity index (χ3n) is 5.76. The minimum atomic E-state index is -5.70. The number of aliphatic hydroxyl groups is 1. The smallest absolute Gasteiger partial charge is 0.390 e. The van der Waals surface area contributed by atoms with Gasteiger partial charge in [0.2, 0.25) is 5.12 Å². The van der Waals surface area contributed by atoms with Crippen LogP contribution in [0.4, 0.5) is 0 Å². The number of carbonyl (C=O) groups is 1. The first-order valence-corrected chi connectivity index (χ1v) is 17.1. The highest BCUT2D eigenvalue weighted by atomic mass is 32.2. The van der Waals surface area contributed by atoms with E-state index < -0.39 is 48.5 Å². The lowest BCUT2D eigenvalue weighted by atomic mass is 10.2. The van der Waals surface area contributed by atoms with Crippen molar-refractivity contribution in [3.05, 3.63) is 54.6 Å². The molecule has 0 bridgehead atoms. The molecular formula is C20H22N5O13P3S. The molecule has 5 N–H and O–H groups in total. The number of nitrogens with zero attached hydrogens (tertiary/aromatic N) is 5. The molecule has 22 heteroatoms. The van der Waals surface area contributed by atoms with Crippen LogP contribution in [0.2, 0.25) is 0 Å². The number of aliphatic hydroxyl groups excluding tert-OH is 1. The molecule has 1 saturated heterocycles. The van der Waals surface area contributed by atoms with Gasteiger partial charge in [0.1, 0.15) is 12.3 Å². The monoisotopic (exact) mass is 665 g/mol. The minimum absolute atomic E-state index is 0.0629. The summed E-state index contributed by atoms with van der Waals surface area (Å²) in [5.41, 5.74) is 1.89. The minimum Gasteiger partial charge on any atom is -0.390 e. The summed E-state index contributed by atoms with van der Waals surface area (Å²) in [7, 11) is -16.7. The quantitative estimate of drug-likeness (QED) is 0.0871. The molecule has 3 aromatic heterocycles. The van der Waals surface area contributed by atoms with Crippen LogP contribution in [0.5, 0.6) is 0 Å². The van der Waals surface area contributed by atoms with Crippen molar-refractivity contribution in [3.8, 4) is 0 Å². The normalized spacial score (nSPS) is 22.4. The molecule has 1 aliphatic heterocycles. The maximum absolute atomic E-state index is 12.8. The fraction of sp³-hybridized carbons (Fsp3) is 0.300. The molecule has 42 heavy (non-hydrogen) atoms. The van der Waals surface area contributed by atoms with E-state index in [1.165, 1.54) is 17.1 Å². The van der Waals surface area contributed by atoms with Gasteiger partial charge in [0.05, 0.1) is 19.0 Å². The molecule has 1 fully saturated rings. The fourth-order valence-corrected chi connectivity index (χ4v) is 7.94. The van der Waals surface area contributed by atoms with E-state index in [0.29, 0.717) is 16.3 Å². The number of fused-ring (bicyclic) bond motifs is 3. The second kappa shape index (κ2) is 12.0. The summed E-state index contributed by atoms with van der Waals surface area (Å²) >= 11 is 0.908. The molecule has 226 valence electrons. The summed E-state index contributed by atoms with van der Waals surface area (Å²) in [6.07, 6.45) is 1.20. The van der Waals surface area contributed by atoms with Crippen molar-refractivity contribution in [3.63, 3.8) is 0 Å². The summed E-state index contributed by atoms with van der Waals surface area (Å²) in [4.78, 5) is 62.3. The number of thioether (sulfide) groups is 1. The van der Waals surface area contributed by atoms with Crippen molar-refractivity contribution in [2.24, 2.45) is 0 Å². The van der Waals surface area contributed by atoms with Crippen molar-refractivity contribution in [2.45, 2.75) is 36.4 Å². The number of imidazole rings is 2. The summed E-state index contributed by atoms with van der Waals surface area (Å²) < 4.78 is 55.1. The SMILES string of the molecule is O=C(Cc1ccccc1)Sc1nc2c(ncn2[C@H]2C[C@H](O)[C@@H](COP(=O)(O)OP(=O)(O)OP(=O)(O)O)O2)c2nccn12. The second-order valence-corrected chi connectivity index (χ2v) is 14.2. The van der Waals surface area contributed by atoms with Crippen LogP contribution in [0, 0.1) is 0 Å². The van der Waals surface area contributed by atoms with E-state index in [1.807, 2.05) is 30.3 Å². The van der Waals surface area contributed by atoms with Crippen molar-refractivity contribution in [1.29, 1.82) is 0 Å². The Bertz CT molecular complexity index is 1760. The van der Waals surface area contributed by atoms with Gasteiger partial charge in [0.15, 0.2) is 22.0 Å². The number of carbonyl (C=O) groups excluding carboxylic acids is 1. The summed E-state index contributed by atoms with van der Waals surface area (Å²) in [5.74, 6) is 0. The highest BCUT2D eigenvalue weighted by molar-refractivity contribution is 8.13. The fourth-order valence-electron chi connectivity index (χ4n) is 4.09.